The van der Waals surface area contributed by atoms with Gasteiger partial charge >= 0.3 is 0 Å². The highest BCUT2D eigenvalue weighted by Gasteiger charge is 2.48. The molecule has 2 heterocycles. The van der Waals surface area contributed by atoms with E-state index >= 15 is 0 Å². The van der Waals surface area contributed by atoms with Crippen molar-refractivity contribution in [1.82, 2.24) is 4.57 Å². The molecule has 3 nitrogen and oxygen atoms in total. The summed E-state index contributed by atoms with van der Waals surface area (Å²) in [5.41, 5.74) is 11.6. The predicted molar refractivity (Wildman–Crippen MR) is 207 cm³/mol. The summed E-state index contributed by atoms with van der Waals surface area (Å²) in [6.45, 7) is 2.30. The SMILES string of the molecule is CC12C=Cc3c(c4ccccc4n3-c3ccc(-c4ccc(N(c5ccccc5)c5ccc6ccccc6c5)cc4)cc3)C1Oc1ccccc12. The van der Waals surface area contributed by atoms with Crippen molar-refractivity contribution in [2.45, 2.75) is 18.4 Å². The minimum absolute atomic E-state index is 0.0751. The Morgan fingerprint density at radius 2 is 1.22 bits per heavy atom. The second-order valence-corrected chi connectivity index (χ2v) is 13.6. The first-order valence-corrected chi connectivity index (χ1v) is 17.3. The Morgan fingerprint density at radius 3 is 2.04 bits per heavy atom. The van der Waals surface area contributed by atoms with Crippen molar-refractivity contribution in [3.8, 4) is 22.6 Å². The quantitative estimate of drug-likeness (QED) is 0.186. The van der Waals surface area contributed by atoms with Crippen LogP contribution < -0.4 is 9.64 Å². The zero-order valence-corrected chi connectivity index (χ0v) is 27.7. The molecule has 7 aromatic carbocycles. The summed E-state index contributed by atoms with van der Waals surface area (Å²) >= 11 is 0. The first-order chi connectivity index (χ1) is 24.7. The van der Waals surface area contributed by atoms with E-state index in [4.69, 9.17) is 4.74 Å². The zero-order chi connectivity index (χ0) is 33.2. The van der Waals surface area contributed by atoms with Crippen molar-refractivity contribution in [3.05, 3.63) is 193 Å². The molecule has 0 amide bonds. The molecule has 238 valence electrons. The van der Waals surface area contributed by atoms with Gasteiger partial charge in [0.1, 0.15) is 11.9 Å². The molecule has 50 heavy (non-hydrogen) atoms. The molecule has 0 fully saturated rings. The predicted octanol–water partition coefficient (Wildman–Crippen LogP) is 12.3. The topological polar surface area (TPSA) is 17.4 Å². The second-order valence-electron chi connectivity index (χ2n) is 13.6. The average Bonchev–Trinajstić information content (AvgIpc) is 3.67. The molecule has 8 aromatic rings. The molecule has 10 rings (SSSR count). The number of benzene rings is 7. The molecule has 0 saturated carbocycles. The highest BCUT2D eigenvalue weighted by Crippen LogP contribution is 2.56. The Morgan fingerprint density at radius 1 is 0.580 bits per heavy atom. The summed E-state index contributed by atoms with van der Waals surface area (Å²) in [5, 5.41) is 3.71. The van der Waals surface area contributed by atoms with E-state index in [2.05, 4.69) is 198 Å². The van der Waals surface area contributed by atoms with Gasteiger partial charge in [-0.1, -0.05) is 115 Å². The molecular weight excluding hydrogens is 609 g/mol. The van der Waals surface area contributed by atoms with Crippen LogP contribution in [0.25, 0.3) is 44.6 Å². The number of hydrogen-bond acceptors (Lipinski definition) is 2. The molecule has 0 bridgehead atoms. The van der Waals surface area contributed by atoms with Crippen LogP contribution in [0, 0.1) is 0 Å². The van der Waals surface area contributed by atoms with Gasteiger partial charge in [0.25, 0.3) is 0 Å². The number of hydrogen-bond donors (Lipinski definition) is 0. The standard InChI is InChI=1S/C47H34N2O/c1-47-30-29-43-45(46(47)50-44-18-10-8-16-41(44)47)40-15-7-9-17-42(40)49(43)38-26-21-34(22-27-38)33-19-24-37(25-20-33)48(36-13-3-2-4-14-36)39-28-23-32-11-5-6-12-35(32)31-39/h2-31,46H,1H3. The maximum atomic E-state index is 6.71. The molecule has 2 atom stereocenters. The third-order valence-electron chi connectivity index (χ3n) is 10.6. The number of fused-ring (bicyclic) bond motifs is 8. The van der Waals surface area contributed by atoms with Gasteiger partial charge in [-0.05, 0) is 95.6 Å². The Bertz CT molecular complexity index is 2580. The van der Waals surface area contributed by atoms with Crippen molar-refractivity contribution in [1.29, 1.82) is 0 Å². The number of para-hydroxylation sites is 3. The number of anilines is 3. The van der Waals surface area contributed by atoms with Crippen molar-refractivity contribution in [2.75, 3.05) is 4.90 Å². The van der Waals surface area contributed by atoms with E-state index in [0.717, 1.165) is 28.5 Å². The minimum atomic E-state index is -0.209. The monoisotopic (exact) mass is 642 g/mol. The molecule has 0 saturated heterocycles. The van der Waals surface area contributed by atoms with Gasteiger partial charge < -0.3 is 14.2 Å². The zero-order valence-electron chi connectivity index (χ0n) is 27.7. The summed E-state index contributed by atoms with van der Waals surface area (Å²) in [6.07, 6.45) is 4.57. The van der Waals surface area contributed by atoms with Crippen molar-refractivity contribution < 1.29 is 4.74 Å². The minimum Gasteiger partial charge on any atom is -0.484 e. The lowest BCUT2D eigenvalue weighted by molar-refractivity contribution is 0.183. The van der Waals surface area contributed by atoms with Gasteiger partial charge in [0.15, 0.2) is 0 Å². The molecule has 0 radical (unpaired) electrons. The Hall–Kier alpha value is -6.32. The number of aromatic nitrogens is 1. The van der Waals surface area contributed by atoms with E-state index in [0.29, 0.717) is 0 Å². The fourth-order valence-corrected chi connectivity index (χ4v) is 8.14. The van der Waals surface area contributed by atoms with Gasteiger partial charge in [0.05, 0.1) is 16.6 Å². The van der Waals surface area contributed by atoms with Crippen LogP contribution in [0.4, 0.5) is 17.1 Å². The van der Waals surface area contributed by atoms with E-state index < -0.39 is 0 Å². The van der Waals surface area contributed by atoms with Gasteiger partial charge in [-0.15, -0.1) is 0 Å². The maximum Gasteiger partial charge on any atom is 0.139 e. The molecule has 3 heteroatoms. The summed E-state index contributed by atoms with van der Waals surface area (Å²) < 4.78 is 9.10. The van der Waals surface area contributed by atoms with Gasteiger partial charge in [0, 0.05) is 39.3 Å². The number of rotatable bonds is 5. The molecule has 0 N–H and O–H groups in total. The second kappa shape index (κ2) is 11.1. The normalized spacial score (nSPS) is 17.3. The fourth-order valence-electron chi connectivity index (χ4n) is 8.14. The Balaban J connectivity index is 1.00. The molecule has 2 aliphatic rings. The molecule has 2 unspecified atom stereocenters. The third kappa shape index (κ3) is 4.37. The van der Waals surface area contributed by atoms with Crippen LogP contribution in [-0.4, -0.2) is 4.57 Å². The van der Waals surface area contributed by atoms with Crippen molar-refractivity contribution >= 4 is 44.8 Å². The van der Waals surface area contributed by atoms with Gasteiger partial charge in [-0.2, -0.15) is 0 Å². The fraction of sp³-hybridized carbons (Fsp3) is 0.0638. The summed E-state index contributed by atoms with van der Waals surface area (Å²) in [6, 6.07) is 60.9. The smallest absolute Gasteiger partial charge is 0.139 e. The number of nitrogens with zero attached hydrogens (tertiary/aromatic N) is 2. The first-order valence-electron chi connectivity index (χ1n) is 17.3. The van der Waals surface area contributed by atoms with Gasteiger partial charge in [-0.25, -0.2) is 0 Å². The summed E-state index contributed by atoms with van der Waals surface area (Å²) in [7, 11) is 0. The highest BCUT2D eigenvalue weighted by atomic mass is 16.5. The van der Waals surface area contributed by atoms with Crippen LogP contribution >= 0.6 is 0 Å². The van der Waals surface area contributed by atoms with Crippen LogP contribution in [-0.2, 0) is 5.41 Å². The first kappa shape index (κ1) is 28.7. The molecule has 1 aromatic heterocycles. The van der Waals surface area contributed by atoms with E-state index in [9.17, 15) is 0 Å². The van der Waals surface area contributed by atoms with Crippen LogP contribution in [0.1, 0.15) is 29.8 Å². The maximum absolute atomic E-state index is 6.71. The van der Waals surface area contributed by atoms with Crippen molar-refractivity contribution in [3.63, 3.8) is 0 Å². The van der Waals surface area contributed by atoms with E-state index in [1.807, 2.05) is 0 Å². The Kier molecular flexibility index (Phi) is 6.37. The van der Waals surface area contributed by atoms with Crippen LogP contribution in [0.3, 0.4) is 0 Å². The summed E-state index contributed by atoms with van der Waals surface area (Å²) in [4.78, 5) is 2.32. The van der Waals surface area contributed by atoms with Crippen LogP contribution in [0.2, 0.25) is 0 Å². The third-order valence-corrected chi connectivity index (χ3v) is 10.6. The highest BCUT2D eigenvalue weighted by molar-refractivity contribution is 5.93. The number of ether oxygens (including phenoxy) is 1. The lowest BCUT2D eigenvalue weighted by Crippen LogP contribution is -2.28. The average molecular weight is 643 g/mol. The van der Waals surface area contributed by atoms with E-state index in [1.54, 1.807) is 0 Å². The van der Waals surface area contributed by atoms with Gasteiger partial charge in [0.2, 0.25) is 0 Å². The molecule has 1 aliphatic carbocycles. The van der Waals surface area contributed by atoms with Gasteiger partial charge in [-0.3, -0.25) is 0 Å². The Labute approximate surface area is 291 Å². The molecule has 1 aliphatic heterocycles. The van der Waals surface area contributed by atoms with E-state index in [1.165, 1.54) is 49.6 Å². The van der Waals surface area contributed by atoms with Crippen molar-refractivity contribution in [2.24, 2.45) is 0 Å². The largest absolute Gasteiger partial charge is 0.484 e. The molecule has 0 spiro atoms. The van der Waals surface area contributed by atoms with Crippen LogP contribution in [0.15, 0.2) is 176 Å². The summed E-state index contributed by atoms with van der Waals surface area (Å²) in [5.74, 6) is 0.980. The lowest BCUT2D eigenvalue weighted by Gasteiger charge is -2.31. The molecular formula is C47H34N2O. The van der Waals surface area contributed by atoms with Crippen LogP contribution in [0.5, 0.6) is 5.75 Å². The lowest BCUT2D eigenvalue weighted by atomic mass is 9.73. The van der Waals surface area contributed by atoms with E-state index in [-0.39, 0.29) is 11.5 Å².